The summed E-state index contributed by atoms with van der Waals surface area (Å²) in [6.45, 7) is 0. The van der Waals surface area contributed by atoms with E-state index < -0.39 is 9.84 Å². The van der Waals surface area contributed by atoms with E-state index in [1.165, 1.54) is 6.26 Å². The molecule has 0 amide bonds. The van der Waals surface area contributed by atoms with Crippen LogP contribution >= 0.6 is 0 Å². The molecule has 6 heteroatoms. The fourth-order valence-corrected chi connectivity index (χ4v) is 2.39. The van der Waals surface area contributed by atoms with Gasteiger partial charge in [-0.1, -0.05) is 6.07 Å². The van der Waals surface area contributed by atoms with Crippen molar-refractivity contribution in [2.45, 2.75) is 12.5 Å². The van der Waals surface area contributed by atoms with Gasteiger partial charge in [-0.25, -0.2) is 13.4 Å². The minimum atomic E-state index is -2.98. The maximum Gasteiger partial charge on any atom is 0.147 e. The number of sulfone groups is 1. The monoisotopic (exact) mass is 253 g/mol. The fourth-order valence-electron chi connectivity index (χ4n) is 1.71. The van der Waals surface area contributed by atoms with Gasteiger partial charge in [0.1, 0.15) is 15.7 Å². The molecule has 92 valence electrons. The highest BCUT2D eigenvalue weighted by Crippen LogP contribution is 2.15. The summed E-state index contributed by atoms with van der Waals surface area (Å²) >= 11 is 0. The van der Waals surface area contributed by atoms with Gasteiger partial charge >= 0.3 is 0 Å². The van der Waals surface area contributed by atoms with Gasteiger partial charge in [-0.3, -0.25) is 0 Å². The van der Waals surface area contributed by atoms with Gasteiger partial charge in [-0.2, -0.15) is 0 Å². The van der Waals surface area contributed by atoms with E-state index in [0.29, 0.717) is 12.2 Å². The van der Waals surface area contributed by atoms with Gasteiger partial charge in [-0.05, 0) is 18.6 Å². The number of rotatable bonds is 4. The van der Waals surface area contributed by atoms with Crippen LogP contribution < -0.4 is 5.73 Å². The molecular weight excluding hydrogens is 238 g/mol. The third-order valence-electron chi connectivity index (χ3n) is 2.60. The second-order valence-corrected chi connectivity index (χ2v) is 6.40. The molecule has 2 N–H and O–H groups in total. The average Bonchev–Trinajstić information content (AvgIpc) is 2.68. The molecule has 0 saturated carbocycles. The zero-order chi connectivity index (χ0) is 12.5. The van der Waals surface area contributed by atoms with Gasteiger partial charge in [-0.15, -0.1) is 0 Å². The summed E-state index contributed by atoms with van der Waals surface area (Å²) in [6.07, 6.45) is 5.20. The molecule has 0 aliphatic rings. The Balaban J connectivity index is 2.22. The molecule has 1 atom stereocenters. The number of nitrogens with two attached hydrogens (primary N) is 1. The largest absolute Gasteiger partial charge is 0.321 e. The Hall–Kier alpha value is -1.40. The lowest BCUT2D eigenvalue weighted by atomic mass is 10.2. The molecule has 1 unspecified atom stereocenters. The summed E-state index contributed by atoms with van der Waals surface area (Å²) in [7, 11) is -2.98. The molecule has 5 nitrogen and oxygen atoms in total. The molecule has 2 aromatic heterocycles. The standard InChI is InChI=1S/C11H15N3O2S/c1-17(15,16)7-5-10(12)11-13-8-9-4-2-3-6-14(9)11/h2-4,6,8,10H,5,7,12H2,1H3. The number of pyridine rings is 1. The molecule has 0 aromatic carbocycles. The quantitative estimate of drug-likeness (QED) is 0.873. The predicted molar refractivity (Wildman–Crippen MR) is 66.4 cm³/mol. The van der Waals surface area contributed by atoms with Gasteiger partial charge in [0.15, 0.2) is 0 Å². The highest BCUT2D eigenvalue weighted by atomic mass is 32.2. The van der Waals surface area contributed by atoms with Crippen molar-refractivity contribution in [3.05, 3.63) is 36.4 Å². The van der Waals surface area contributed by atoms with Gasteiger partial charge in [0.05, 0.1) is 23.5 Å². The van der Waals surface area contributed by atoms with Crippen LogP contribution in [0.4, 0.5) is 0 Å². The van der Waals surface area contributed by atoms with Crippen LogP contribution in [0.2, 0.25) is 0 Å². The van der Waals surface area contributed by atoms with Crippen molar-refractivity contribution in [3.63, 3.8) is 0 Å². The first kappa shape index (κ1) is 12.1. The summed E-state index contributed by atoms with van der Waals surface area (Å²) in [5.74, 6) is 0.778. The molecular formula is C11H15N3O2S. The van der Waals surface area contributed by atoms with Crippen molar-refractivity contribution in [1.29, 1.82) is 0 Å². The van der Waals surface area contributed by atoms with Crippen molar-refractivity contribution in [2.24, 2.45) is 5.73 Å². The van der Waals surface area contributed by atoms with E-state index in [4.69, 9.17) is 5.73 Å². The first-order chi connectivity index (χ1) is 7.97. The molecule has 2 heterocycles. The number of hydrogen-bond donors (Lipinski definition) is 1. The lowest BCUT2D eigenvalue weighted by molar-refractivity contribution is 0.586. The number of fused-ring (bicyclic) bond motifs is 1. The summed E-state index contributed by atoms with van der Waals surface area (Å²) in [5.41, 5.74) is 6.92. The zero-order valence-electron chi connectivity index (χ0n) is 9.57. The number of aromatic nitrogens is 2. The van der Waals surface area contributed by atoms with Crippen molar-refractivity contribution in [2.75, 3.05) is 12.0 Å². The third kappa shape index (κ3) is 2.83. The first-order valence-corrected chi connectivity index (χ1v) is 7.39. The van der Waals surface area contributed by atoms with E-state index in [9.17, 15) is 8.42 Å². The van der Waals surface area contributed by atoms with Gasteiger partial charge in [0.25, 0.3) is 0 Å². The molecule has 0 spiro atoms. The molecule has 0 aliphatic carbocycles. The molecule has 0 saturated heterocycles. The smallest absolute Gasteiger partial charge is 0.147 e. The predicted octanol–water partition coefficient (Wildman–Crippen LogP) is 0.769. The Labute approximate surface area is 100 Å². The van der Waals surface area contributed by atoms with Crippen LogP contribution in [0.25, 0.3) is 5.52 Å². The van der Waals surface area contributed by atoms with Crippen molar-refractivity contribution in [1.82, 2.24) is 9.38 Å². The number of hydrogen-bond acceptors (Lipinski definition) is 4. The molecule has 17 heavy (non-hydrogen) atoms. The van der Waals surface area contributed by atoms with E-state index in [0.717, 1.165) is 5.52 Å². The van der Waals surface area contributed by atoms with E-state index in [1.807, 2.05) is 28.8 Å². The minimum absolute atomic E-state index is 0.0793. The summed E-state index contributed by atoms with van der Waals surface area (Å²) < 4.78 is 24.1. The normalized spacial score (nSPS) is 14.0. The molecule has 2 rings (SSSR count). The molecule has 0 bridgehead atoms. The third-order valence-corrected chi connectivity index (χ3v) is 3.58. The van der Waals surface area contributed by atoms with Crippen LogP contribution in [-0.4, -0.2) is 29.8 Å². The fraction of sp³-hybridized carbons (Fsp3) is 0.364. The molecule has 0 radical (unpaired) electrons. The Bertz CT molecular complexity index is 618. The van der Waals surface area contributed by atoms with Gasteiger partial charge in [0.2, 0.25) is 0 Å². The van der Waals surface area contributed by atoms with Crippen molar-refractivity contribution < 1.29 is 8.42 Å². The second kappa shape index (κ2) is 4.46. The van der Waals surface area contributed by atoms with E-state index in [2.05, 4.69) is 4.98 Å². The average molecular weight is 253 g/mol. The lowest BCUT2D eigenvalue weighted by Gasteiger charge is -2.09. The summed E-state index contributed by atoms with van der Waals surface area (Å²) in [6, 6.07) is 5.37. The van der Waals surface area contributed by atoms with E-state index in [-0.39, 0.29) is 11.8 Å². The maximum atomic E-state index is 11.1. The first-order valence-electron chi connectivity index (χ1n) is 5.33. The summed E-state index contributed by atoms with van der Waals surface area (Å²) in [5, 5.41) is 0. The zero-order valence-corrected chi connectivity index (χ0v) is 10.4. The Kier molecular flexibility index (Phi) is 3.17. The Morgan fingerprint density at radius 2 is 2.24 bits per heavy atom. The van der Waals surface area contributed by atoms with Gasteiger partial charge < -0.3 is 10.1 Å². The van der Waals surface area contributed by atoms with Gasteiger partial charge in [0, 0.05) is 12.5 Å². The number of imidazole rings is 1. The van der Waals surface area contributed by atoms with Crippen LogP contribution in [0.1, 0.15) is 18.3 Å². The van der Waals surface area contributed by atoms with Crippen LogP contribution in [0.3, 0.4) is 0 Å². The molecule has 2 aromatic rings. The van der Waals surface area contributed by atoms with E-state index in [1.54, 1.807) is 6.20 Å². The van der Waals surface area contributed by atoms with E-state index >= 15 is 0 Å². The second-order valence-electron chi connectivity index (χ2n) is 4.14. The Morgan fingerprint density at radius 3 is 2.94 bits per heavy atom. The van der Waals surface area contributed by atoms with Crippen LogP contribution in [-0.2, 0) is 9.84 Å². The van der Waals surface area contributed by atoms with Crippen LogP contribution in [0.15, 0.2) is 30.6 Å². The maximum absolute atomic E-state index is 11.1. The van der Waals surface area contributed by atoms with Crippen molar-refractivity contribution in [3.8, 4) is 0 Å². The van der Waals surface area contributed by atoms with Crippen LogP contribution in [0, 0.1) is 0 Å². The molecule has 0 fully saturated rings. The topological polar surface area (TPSA) is 77.5 Å². The number of nitrogens with zero attached hydrogens (tertiary/aromatic N) is 2. The molecule has 0 aliphatic heterocycles. The lowest BCUT2D eigenvalue weighted by Crippen LogP contribution is -2.18. The summed E-state index contributed by atoms with van der Waals surface area (Å²) in [4.78, 5) is 4.24. The Morgan fingerprint density at radius 1 is 1.47 bits per heavy atom. The highest BCUT2D eigenvalue weighted by molar-refractivity contribution is 7.90. The van der Waals surface area contributed by atoms with Crippen molar-refractivity contribution >= 4 is 15.4 Å². The highest BCUT2D eigenvalue weighted by Gasteiger charge is 2.14. The minimum Gasteiger partial charge on any atom is -0.321 e. The SMILES string of the molecule is CS(=O)(=O)CCC(N)c1ncc2ccccn12. The van der Waals surface area contributed by atoms with Crippen LogP contribution in [0.5, 0.6) is 0 Å².